The van der Waals surface area contributed by atoms with Gasteiger partial charge in [0, 0.05) is 58.6 Å². The molecule has 3 heterocycles. The average molecular weight is 406 g/mol. The first-order chi connectivity index (χ1) is 14.7. The largest absolute Gasteiger partial charge is 0.372 e. The van der Waals surface area contributed by atoms with Crippen LogP contribution in [0.15, 0.2) is 53.7 Å². The number of hydrogen-bond donors (Lipinski definition) is 1. The highest BCUT2D eigenvalue weighted by molar-refractivity contribution is 5.79. The van der Waals surface area contributed by atoms with Crippen LogP contribution in [0, 0.1) is 0 Å². The fraction of sp³-hybridized carbons (Fsp3) is 0.435. The van der Waals surface area contributed by atoms with Gasteiger partial charge < -0.3 is 15.1 Å². The third-order valence-electron chi connectivity index (χ3n) is 5.67. The zero-order valence-electron chi connectivity index (χ0n) is 18.0. The Kier molecular flexibility index (Phi) is 6.47. The molecule has 0 aliphatic carbocycles. The maximum Gasteiger partial charge on any atom is 0.193 e. The molecule has 0 atom stereocenters. The van der Waals surface area contributed by atoms with Crippen LogP contribution in [0.3, 0.4) is 0 Å². The Morgan fingerprint density at radius 2 is 1.87 bits per heavy atom. The van der Waals surface area contributed by atoms with Gasteiger partial charge >= 0.3 is 0 Å². The maximum absolute atomic E-state index is 4.44. The second-order valence-electron chi connectivity index (χ2n) is 7.84. The van der Waals surface area contributed by atoms with Gasteiger partial charge in [0.05, 0.1) is 0 Å². The number of aliphatic imine (C=N–C) groups is 1. The molecule has 30 heavy (non-hydrogen) atoms. The monoisotopic (exact) mass is 405 g/mol. The van der Waals surface area contributed by atoms with Gasteiger partial charge in [-0.3, -0.25) is 9.39 Å². The number of nitrogens with one attached hydrogen (secondary N) is 1. The normalized spacial score (nSPS) is 14.9. The first kappa shape index (κ1) is 20.2. The molecule has 0 bridgehead atoms. The lowest BCUT2D eigenvalue weighted by atomic mass is 10.1. The van der Waals surface area contributed by atoms with Crippen molar-refractivity contribution in [2.75, 3.05) is 38.6 Å². The van der Waals surface area contributed by atoms with E-state index in [2.05, 4.69) is 61.6 Å². The molecule has 7 nitrogen and oxygen atoms in total. The molecule has 0 radical (unpaired) electrons. The van der Waals surface area contributed by atoms with Crippen LogP contribution in [-0.2, 0) is 13.0 Å². The molecule has 1 aliphatic heterocycles. The molecule has 4 rings (SSSR count). The van der Waals surface area contributed by atoms with Gasteiger partial charge in [0.15, 0.2) is 11.6 Å². The number of anilines is 1. The summed E-state index contributed by atoms with van der Waals surface area (Å²) in [5.74, 6) is 1.83. The summed E-state index contributed by atoms with van der Waals surface area (Å²) < 4.78 is 2.03. The van der Waals surface area contributed by atoms with Crippen LogP contribution in [0.5, 0.6) is 0 Å². The number of benzene rings is 1. The fourth-order valence-corrected chi connectivity index (χ4v) is 4.05. The number of guanidine groups is 1. The third kappa shape index (κ3) is 4.72. The molecule has 3 aromatic rings. The molecule has 0 saturated carbocycles. The Hall–Kier alpha value is -3.09. The van der Waals surface area contributed by atoms with Gasteiger partial charge in [-0.05, 0) is 49.1 Å². The Morgan fingerprint density at radius 3 is 2.63 bits per heavy atom. The number of aromatic nitrogens is 3. The minimum atomic E-state index is 0.751. The summed E-state index contributed by atoms with van der Waals surface area (Å²) in [6, 6.07) is 14.9. The van der Waals surface area contributed by atoms with Crippen LogP contribution in [0.25, 0.3) is 5.65 Å². The highest BCUT2D eigenvalue weighted by atomic mass is 15.3. The van der Waals surface area contributed by atoms with Crippen molar-refractivity contribution < 1.29 is 0 Å². The van der Waals surface area contributed by atoms with Crippen LogP contribution in [0.1, 0.15) is 30.7 Å². The third-order valence-corrected chi connectivity index (χ3v) is 5.67. The lowest BCUT2D eigenvalue weighted by Crippen LogP contribution is -2.39. The SMILES string of the molecule is CN=C(NCCc1nnc2ccccn12)N(C)Cc1ccc(N2CCCCC2)cc1. The minimum Gasteiger partial charge on any atom is -0.372 e. The predicted molar refractivity (Wildman–Crippen MR) is 122 cm³/mol. The molecule has 7 heteroatoms. The molecule has 1 saturated heterocycles. The van der Waals surface area contributed by atoms with E-state index in [1.807, 2.05) is 35.8 Å². The molecule has 158 valence electrons. The first-order valence-corrected chi connectivity index (χ1v) is 10.8. The van der Waals surface area contributed by atoms with Crippen molar-refractivity contribution in [1.29, 1.82) is 0 Å². The smallest absolute Gasteiger partial charge is 0.193 e. The molecular formula is C23H31N7. The zero-order valence-corrected chi connectivity index (χ0v) is 18.0. The highest BCUT2D eigenvalue weighted by Gasteiger charge is 2.12. The molecule has 1 aromatic carbocycles. The van der Waals surface area contributed by atoms with Gasteiger partial charge in [0.1, 0.15) is 5.82 Å². The number of pyridine rings is 1. The summed E-state index contributed by atoms with van der Waals surface area (Å²) in [4.78, 5) is 9.08. The quantitative estimate of drug-likeness (QED) is 0.505. The zero-order chi connectivity index (χ0) is 20.8. The molecule has 1 aliphatic rings. The van der Waals surface area contributed by atoms with Gasteiger partial charge in [-0.1, -0.05) is 18.2 Å². The summed E-state index contributed by atoms with van der Waals surface area (Å²) in [5.41, 5.74) is 3.50. The Bertz CT molecular complexity index is 971. The van der Waals surface area contributed by atoms with E-state index in [9.17, 15) is 0 Å². The molecule has 2 aromatic heterocycles. The van der Waals surface area contributed by atoms with Gasteiger partial charge in [0.25, 0.3) is 0 Å². The number of hydrogen-bond acceptors (Lipinski definition) is 4. The fourth-order valence-electron chi connectivity index (χ4n) is 4.05. The number of rotatable bonds is 6. The van der Waals surface area contributed by atoms with Crippen LogP contribution in [-0.4, -0.2) is 59.2 Å². The summed E-state index contributed by atoms with van der Waals surface area (Å²) in [7, 11) is 3.89. The number of piperidine rings is 1. The number of fused-ring (bicyclic) bond motifs is 1. The van der Waals surface area contributed by atoms with Gasteiger partial charge in [-0.15, -0.1) is 10.2 Å². The van der Waals surface area contributed by atoms with Gasteiger partial charge in [-0.25, -0.2) is 0 Å². The van der Waals surface area contributed by atoms with Crippen molar-refractivity contribution in [2.24, 2.45) is 4.99 Å². The molecule has 0 unspecified atom stereocenters. The van der Waals surface area contributed by atoms with Crippen LogP contribution >= 0.6 is 0 Å². The van der Waals surface area contributed by atoms with E-state index in [0.29, 0.717) is 0 Å². The van der Waals surface area contributed by atoms with E-state index < -0.39 is 0 Å². The highest BCUT2D eigenvalue weighted by Crippen LogP contribution is 2.20. The van der Waals surface area contributed by atoms with E-state index in [1.165, 1.54) is 43.6 Å². The van der Waals surface area contributed by atoms with Crippen molar-refractivity contribution in [3.63, 3.8) is 0 Å². The standard InChI is InChI=1S/C23H31N7/c1-24-23(25-14-13-22-27-26-21-8-4-7-17-30(21)22)28(2)18-19-9-11-20(12-10-19)29-15-5-3-6-16-29/h4,7-12,17H,3,5-6,13-16,18H2,1-2H3,(H,24,25). The van der Waals surface area contributed by atoms with Crippen LogP contribution in [0.4, 0.5) is 5.69 Å². The summed E-state index contributed by atoms with van der Waals surface area (Å²) in [6.45, 7) is 3.92. The van der Waals surface area contributed by atoms with Gasteiger partial charge in [-0.2, -0.15) is 0 Å². The van der Waals surface area contributed by atoms with Crippen molar-refractivity contribution in [1.82, 2.24) is 24.8 Å². The number of nitrogens with zero attached hydrogens (tertiary/aromatic N) is 6. The Labute approximate surface area is 178 Å². The van der Waals surface area contributed by atoms with Crippen molar-refractivity contribution >= 4 is 17.3 Å². The molecule has 1 N–H and O–H groups in total. The molecular weight excluding hydrogens is 374 g/mol. The topological polar surface area (TPSA) is 61.1 Å². The molecule has 1 fully saturated rings. The molecule has 0 amide bonds. The predicted octanol–water partition coefficient (Wildman–Crippen LogP) is 2.97. The Morgan fingerprint density at radius 1 is 1.07 bits per heavy atom. The summed E-state index contributed by atoms with van der Waals surface area (Å²) in [5, 5.41) is 11.9. The van der Waals surface area contributed by atoms with E-state index in [4.69, 9.17) is 0 Å². The van der Waals surface area contributed by atoms with Crippen LogP contribution in [0.2, 0.25) is 0 Å². The van der Waals surface area contributed by atoms with E-state index in [0.717, 1.165) is 36.9 Å². The minimum absolute atomic E-state index is 0.751. The van der Waals surface area contributed by atoms with Crippen molar-refractivity contribution in [3.8, 4) is 0 Å². The van der Waals surface area contributed by atoms with E-state index in [1.54, 1.807) is 0 Å². The average Bonchev–Trinajstić information content (AvgIpc) is 3.21. The summed E-state index contributed by atoms with van der Waals surface area (Å²) in [6.07, 6.45) is 6.74. The van der Waals surface area contributed by atoms with Gasteiger partial charge in [0.2, 0.25) is 0 Å². The Balaban J connectivity index is 1.30. The lowest BCUT2D eigenvalue weighted by Gasteiger charge is -2.29. The second-order valence-corrected chi connectivity index (χ2v) is 7.84. The second kappa shape index (κ2) is 9.61. The first-order valence-electron chi connectivity index (χ1n) is 10.8. The maximum atomic E-state index is 4.44. The van der Waals surface area contributed by atoms with E-state index in [-0.39, 0.29) is 0 Å². The lowest BCUT2D eigenvalue weighted by molar-refractivity contribution is 0.476. The van der Waals surface area contributed by atoms with E-state index >= 15 is 0 Å². The van der Waals surface area contributed by atoms with Crippen molar-refractivity contribution in [2.45, 2.75) is 32.2 Å². The van der Waals surface area contributed by atoms with Crippen LogP contribution < -0.4 is 10.2 Å². The van der Waals surface area contributed by atoms with Crippen molar-refractivity contribution in [3.05, 3.63) is 60.0 Å². The summed E-state index contributed by atoms with van der Waals surface area (Å²) >= 11 is 0. The molecule has 0 spiro atoms.